The first-order chi connectivity index (χ1) is 13.5. The second-order valence-electron chi connectivity index (χ2n) is 6.55. The van der Waals surface area contributed by atoms with Crippen LogP contribution in [0.2, 0.25) is 0 Å². The molecule has 1 aromatic carbocycles. The van der Waals surface area contributed by atoms with Crippen molar-refractivity contribution in [2.45, 2.75) is 12.1 Å². The van der Waals surface area contributed by atoms with Crippen molar-refractivity contribution < 1.29 is 35.9 Å². The monoisotopic (exact) mass is 417 g/mol. The molecule has 1 aromatic heterocycles. The topological polar surface area (TPSA) is 62.3 Å². The number of benzene rings is 1. The summed E-state index contributed by atoms with van der Waals surface area (Å²) in [6.07, 6.45) is -4.49. The van der Waals surface area contributed by atoms with Gasteiger partial charge >= 0.3 is 6.18 Å². The van der Waals surface area contributed by atoms with Crippen molar-refractivity contribution in [1.82, 2.24) is 9.88 Å². The molecular weight excluding hydrogens is 404 g/mol. The van der Waals surface area contributed by atoms with E-state index in [1.54, 1.807) is 0 Å². The van der Waals surface area contributed by atoms with Crippen LogP contribution in [0.1, 0.15) is 17.0 Å². The van der Waals surface area contributed by atoms with Crippen molar-refractivity contribution in [2.24, 2.45) is 5.92 Å². The summed E-state index contributed by atoms with van der Waals surface area (Å²) in [6.45, 7) is -0.0390. The van der Waals surface area contributed by atoms with Gasteiger partial charge in [0.1, 0.15) is 17.6 Å². The van der Waals surface area contributed by atoms with Crippen molar-refractivity contribution in [2.75, 3.05) is 18.9 Å². The molecule has 154 valence electrons. The Morgan fingerprint density at radius 2 is 1.76 bits per heavy atom. The summed E-state index contributed by atoms with van der Waals surface area (Å²) in [5.74, 6) is -8.22. The third kappa shape index (κ3) is 4.17. The number of hydrogen-bond donors (Lipinski definition) is 1. The molecule has 0 unspecified atom stereocenters. The second-order valence-corrected chi connectivity index (χ2v) is 6.55. The molecule has 2 heterocycles. The minimum Gasteiger partial charge on any atom is -0.344 e. The number of likely N-dealkylation sites (N-methyl/N-ethyl adjacent to an activating group) is 1. The Bertz CT molecular complexity index is 958. The van der Waals surface area contributed by atoms with Crippen LogP contribution in [0.15, 0.2) is 30.5 Å². The van der Waals surface area contributed by atoms with Crippen molar-refractivity contribution in [3.05, 3.63) is 59.0 Å². The van der Waals surface area contributed by atoms with E-state index < -0.39 is 58.7 Å². The van der Waals surface area contributed by atoms with Gasteiger partial charge in [-0.25, -0.2) is 18.2 Å². The summed E-state index contributed by atoms with van der Waals surface area (Å²) in [5, 5.41) is 1.98. The molecule has 1 aliphatic heterocycles. The fourth-order valence-electron chi connectivity index (χ4n) is 3.16. The largest absolute Gasteiger partial charge is 0.417 e. The third-order valence-electron chi connectivity index (χ3n) is 4.52. The molecule has 1 saturated heterocycles. The number of pyridine rings is 1. The Hall–Kier alpha value is -3.11. The van der Waals surface area contributed by atoms with Gasteiger partial charge < -0.3 is 10.2 Å². The molecule has 2 amide bonds. The highest BCUT2D eigenvalue weighted by Crippen LogP contribution is 2.35. The molecule has 0 radical (unpaired) electrons. The van der Waals surface area contributed by atoms with Crippen LogP contribution >= 0.6 is 0 Å². The van der Waals surface area contributed by atoms with Gasteiger partial charge in [0, 0.05) is 31.8 Å². The Morgan fingerprint density at radius 3 is 2.31 bits per heavy atom. The maximum Gasteiger partial charge on any atom is 0.417 e. The standard InChI is InChI=1S/C18H13F6N3O2/c1-27-7-12(8-2-10(19)5-11(20)3-8)14(17(27)29)16(28)26-15-13(21)4-9(6-25-15)18(22,23)24/h2-6,12,14H,7H2,1H3,(H,25,26,28)/t12-,14+/m1/s1. The molecule has 1 aliphatic rings. The predicted molar refractivity (Wildman–Crippen MR) is 88.1 cm³/mol. The zero-order chi connectivity index (χ0) is 21.5. The van der Waals surface area contributed by atoms with Crippen LogP contribution in [-0.2, 0) is 15.8 Å². The SMILES string of the molecule is CN1C[C@H](c2cc(F)cc(F)c2)[C@@H](C(=O)Nc2ncc(C(F)(F)F)cc2F)C1=O. The smallest absolute Gasteiger partial charge is 0.344 e. The summed E-state index contributed by atoms with van der Waals surface area (Å²) >= 11 is 0. The molecule has 0 aliphatic carbocycles. The first-order valence-corrected chi connectivity index (χ1v) is 8.22. The van der Waals surface area contributed by atoms with Gasteiger partial charge in [-0.15, -0.1) is 0 Å². The minimum atomic E-state index is -4.83. The van der Waals surface area contributed by atoms with Gasteiger partial charge in [-0.2, -0.15) is 13.2 Å². The number of rotatable bonds is 3. The number of nitrogens with one attached hydrogen (secondary N) is 1. The zero-order valence-electron chi connectivity index (χ0n) is 14.7. The van der Waals surface area contributed by atoms with E-state index in [1.807, 2.05) is 5.32 Å². The van der Waals surface area contributed by atoms with E-state index in [0.717, 1.165) is 17.0 Å². The van der Waals surface area contributed by atoms with Crippen LogP contribution in [0, 0.1) is 23.4 Å². The first-order valence-electron chi connectivity index (χ1n) is 8.22. The molecule has 1 fully saturated rings. The molecular formula is C18H13F6N3O2. The maximum atomic E-state index is 14.0. The average molecular weight is 417 g/mol. The van der Waals surface area contributed by atoms with Crippen LogP contribution in [0.25, 0.3) is 0 Å². The number of nitrogens with zero attached hydrogens (tertiary/aromatic N) is 2. The Morgan fingerprint density at radius 1 is 1.14 bits per heavy atom. The lowest BCUT2D eigenvalue weighted by Gasteiger charge is -2.17. The fraction of sp³-hybridized carbons (Fsp3) is 0.278. The van der Waals surface area contributed by atoms with E-state index >= 15 is 0 Å². The van der Waals surface area contributed by atoms with Crippen molar-refractivity contribution in [3.63, 3.8) is 0 Å². The molecule has 0 spiro atoms. The van der Waals surface area contributed by atoms with Crippen molar-refractivity contribution in [3.8, 4) is 0 Å². The number of anilines is 1. The Kier molecular flexibility index (Phi) is 5.24. The van der Waals surface area contributed by atoms with E-state index in [1.165, 1.54) is 7.05 Å². The van der Waals surface area contributed by atoms with Crippen LogP contribution in [0.4, 0.5) is 32.2 Å². The molecule has 5 nitrogen and oxygen atoms in total. The Labute approximate surface area is 160 Å². The summed E-state index contributed by atoms with van der Waals surface area (Å²) in [7, 11) is 1.37. The summed E-state index contributed by atoms with van der Waals surface area (Å²) < 4.78 is 78.9. The number of carbonyl (C=O) groups is 2. The van der Waals surface area contributed by atoms with Crippen LogP contribution in [0.3, 0.4) is 0 Å². The van der Waals surface area contributed by atoms with Crippen LogP contribution in [-0.4, -0.2) is 35.3 Å². The zero-order valence-corrected chi connectivity index (χ0v) is 14.7. The van der Waals surface area contributed by atoms with Crippen LogP contribution in [0.5, 0.6) is 0 Å². The first kappa shape index (κ1) is 20.6. The van der Waals surface area contributed by atoms with E-state index in [-0.39, 0.29) is 18.2 Å². The second kappa shape index (κ2) is 7.37. The highest BCUT2D eigenvalue weighted by molar-refractivity contribution is 6.08. The Balaban J connectivity index is 1.89. The molecule has 0 bridgehead atoms. The van der Waals surface area contributed by atoms with E-state index in [2.05, 4.69) is 4.98 Å². The van der Waals surface area contributed by atoms with Gasteiger partial charge in [-0.3, -0.25) is 9.59 Å². The van der Waals surface area contributed by atoms with Gasteiger partial charge in [0.05, 0.1) is 5.56 Å². The van der Waals surface area contributed by atoms with Gasteiger partial charge in [0.2, 0.25) is 11.8 Å². The molecule has 11 heteroatoms. The molecule has 2 atom stereocenters. The minimum absolute atomic E-state index is 0.0390. The molecule has 3 rings (SSSR count). The number of hydrogen-bond acceptors (Lipinski definition) is 3. The molecule has 1 N–H and O–H groups in total. The summed E-state index contributed by atoms with van der Waals surface area (Å²) in [6, 6.07) is 2.72. The number of alkyl halides is 3. The number of carbonyl (C=O) groups excluding carboxylic acids is 2. The highest BCUT2D eigenvalue weighted by atomic mass is 19.4. The molecule has 2 aromatic rings. The predicted octanol–water partition coefficient (Wildman–Crippen LogP) is 3.33. The average Bonchev–Trinajstić information content (AvgIpc) is 2.90. The van der Waals surface area contributed by atoms with Gasteiger partial charge in [-0.1, -0.05) is 0 Å². The van der Waals surface area contributed by atoms with Gasteiger partial charge in [-0.05, 0) is 23.8 Å². The van der Waals surface area contributed by atoms with Crippen molar-refractivity contribution in [1.29, 1.82) is 0 Å². The van der Waals surface area contributed by atoms with Crippen molar-refractivity contribution >= 4 is 17.6 Å². The van der Waals surface area contributed by atoms with E-state index in [9.17, 15) is 35.9 Å². The fourth-order valence-corrected chi connectivity index (χ4v) is 3.16. The number of likely N-dealkylation sites (tertiary alicyclic amines) is 1. The lowest BCUT2D eigenvalue weighted by atomic mass is 9.87. The number of aromatic nitrogens is 1. The quantitative estimate of drug-likeness (QED) is 0.616. The summed E-state index contributed by atoms with van der Waals surface area (Å²) in [4.78, 5) is 29.4. The number of amides is 2. The lowest BCUT2D eigenvalue weighted by Crippen LogP contribution is -2.33. The lowest BCUT2D eigenvalue weighted by molar-refractivity contribution is -0.138. The highest BCUT2D eigenvalue weighted by Gasteiger charge is 2.45. The number of halogens is 6. The molecule has 29 heavy (non-hydrogen) atoms. The normalized spacial score (nSPS) is 19.6. The van der Waals surface area contributed by atoms with Crippen LogP contribution < -0.4 is 5.32 Å². The van der Waals surface area contributed by atoms with E-state index in [4.69, 9.17) is 0 Å². The van der Waals surface area contributed by atoms with Gasteiger partial charge in [0.15, 0.2) is 11.6 Å². The maximum absolute atomic E-state index is 14.0. The molecule has 0 saturated carbocycles. The summed E-state index contributed by atoms with van der Waals surface area (Å²) in [5.41, 5.74) is -1.31. The van der Waals surface area contributed by atoms with Gasteiger partial charge in [0.25, 0.3) is 0 Å². The third-order valence-corrected chi connectivity index (χ3v) is 4.52. The van der Waals surface area contributed by atoms with E-state index in [0.29, 0.717) is 12.3 Å².